The Hall–Kier alpha value is -2.39. The van der Waals surface area contributed by atoms with Crippen molar-refractivity contribution in [1.82, 2.24) is 4.98 Å². The molecule has 0 unspecified atom stereocenters. The number of carbonyl (C=O) groups excluding carboxylic acids is 1. The van der Waals surface area contributed by atoms with E-state index in [9.17, 15) is 9.90 Å². The summed E-state index contributed by atoms with van der Waals surface area (Å²) in [7, 11) is 0. The fraction of sp³-hybridized carbons (Fsp3) is 0.0833. The van der Waals surface area contributed by atoms with Gasteiger partial charge in [0.1, 0.15) is 10.8 Å². The van der Waals surface area contributed by atoms with E-state index in [1.807, 2.05) is 6.07 Å². The van der Waals surface area contributed by atoms with Gasteiger partial charge >= 0.3 is 0 Å². The molecule has 6 heteroatoms. The second kappa shape index (κ2) is 4.85. The molecule has 1 aromatic heterocycles. The zero-order valence-corrected chi connectivity index (χ0v) is 10.1. The summed E-state index contributed by atoms with van der Waals surface area (Å²) in [4.78, 5) is 15.4. The number of hydrogen-bond acceptors (Lipinski definition) is 5. The molecule has 3 N–H and O–H groups in total. The van der Waals surface area contributed by atoms with Gasteiger partial charge in [-0.25, -0.2) is 4.98 Å². The molecule has 1 aromatic carbocycles. The van der Waals surface area contributed by atoms with E-state index < -0.39 is 5.91 Å². The van der Waals surface area contributed by atoms with E-state index in [2.05, 4.69) is 4.98 Å². The van der Waals surface area contributed by atoms with Gasteiger partial charge in [-0.1, -0.05) is 0 Å². The van der Waals surface area contributed by atoms with Crippen molar-refractivity contribution >= 4 is 17.2 Å². The predicted octanol–water partition coefficient (Wildman–Crippen LogP) is 1.68. The molecule has 0 bridgehead atoms. The van der Waals surface area contributed by atoms with Crippen LogP contribution in [-0.4, -0.2) is 16.0 Å². The molecule has 18 heavy (non-hydrogen) atoms. The number of rotatable bonds is 3. The van der Waals surface area contributed by atoms with E-state index in [0.29, 0.717) is 16.3 Å². The highest BCUT2D eigenvalue weighted by Gasteiger charge is 2.11. The molecule has 90 valence electrons. The van der Waals surface area contributed by atoms with Crippen LogP contribution in [0.4, 0.5) is 0 Å². The average molecular weight is 259 g/mol. The predicted molar refractivity (Wildman–Crippen MR) is 67.0 cm³/mol. The first-order valence-electron chi connectivity index (χ1n) is 5.06. The van der Waals surface area contributed by atoms with Crippen LogP contribution >= 0.6 is 11.3 Å². The number of nitrogens with two attached hydrogens (primary N) is 1. The molecule has 1 heterocycles. The van der Waals surface area contributed by atoms with Crippen LogP contribution in [0, 0.1) is 11.3 Å². The monoisotopic (exact) mass is 259 g/mol. The molecule has 2 rings (SSSR count). The lowest BCUT2D eigenvalue weighted by Crippen LogP contribution is -2.11. The van der Waals surface area contributed by atoms with Gasteiger partial charge in [0.2, 0.25) is 0 Å². The molecule has 0 saturated heterocycles. The number of phenols is 1. The molecule has 0 atom stereocenters. The number of primary amides is 1. The lowest BCUT2D eigenvalue weighted by molar-refractivity contribution is 0.0998. The number of benzene rings is 1. The molecule has 0 saturated carbocycles. The minimum atomic E-state index is -0.693. The Kier molecular flexibility index (Phi) is 3.26. The van der Waals surface area contributed by atoms with Gasteiger partial charge in [0.05, 0.1) is 23.7 Å². The lowest BCUT2D eigenvalue weighted by atomic mass is 10.1. The van der Waals surface area contributed by atoms with Crippen LogP contribution < -0.4 is 5.73 Å². The maximum Gasteiger partial charge on any atom is 0.252 e. The quantitative estimate of drug-likeness (QED) is 0.875. The van der Waals surface area contributed by atoms with Gasteiger partial charge in [-0.2, -0.15) is 5.26 Å². The number of nitrogens with zero attached hydrogens (tertiary/aromatic N) is 2. The van der Waals surface area contributed by atoms with Crippen molar-refractivity contribution in [2.45, 2.75) is 6.42 Å². The molecule has 0 fully saturated rings. The van der Waals surface area contributed by atoms with Crippen LogP contribution in [0.5, 0.6) is 5.75 Å². The third-order valence-electron chi connectivity index (χ3n) is 2.34. The van der Waals surface area contributed by atoms with Gasteiger partial charge in [-0.3, -0.25) is 4.79 Å². The van der Waals surface area contributed by atoms with E-state index in [4.69, 9.17) is 11.0 Å². The van der Waals surface area contributed by atoms with Crippen LogP contribution in [-0.2, 0) is 6.42 Å². The molecule has 2 aromatic rings. The summed E-state index contributed by atoms with van der Waals surface area (Å²) in [5, 5.41) is 20.6. The zero-order valence-electron chi connectivity index (χ0n) is 9.25. The van der Waals surface area contributed by atoms with Gasteiger partial charge in [0, 0.05) is 10.9 Å². The van der Waals surface area contributed by atoms with Crippen molar-refractivity contribution in [3.05, 3.63) is 34.2 Å². The summed E-state index contributed by atoms with van der Waals surface area (Å²) < 4.78 is 0. The SMILES string of the molecule is N#CCc1nc(-c2ccc(O)c(C(N)=O)c2)cs1. The Labute approximate surface area is 107 Å². The normalized spacial score (nSPS) is 9.94. The van der Waals surface area contributed by atoms with E-state index in [-0.39, 0.29) is 17.7 Å². The van der Waals surface area contributed by atoms with Crippen molar-refractivity contribution in [2.24, 2.45) is 5.73 Å². The Morgan fingerprint density at radius 2 is 2.33 bits per heavy atom. The van der Waals surface area contributed by atoms with Crippen LogP contribution in [0.3, 0.4) is 0 Å². The first-order valence-corrected chi connectivity index (χ1v) is 5.94. The van der Waals surface area contributed by atoms with E-state index in [1.165, 1.54) is 23.5 Å². The maximum atomic E-state index is 11.1. The zero-order chi connectivity index (χ0) is 13.1. The molecule has 0 aliphatic heterocycles. The summed E-state index contributed by atoms with van der Waals surface area (Å²) >= 11 is 1.38. The van der Waals surface area contributed by atoms with Gasteiger partial charge < -0.3 is 10.8 Å². The van der Waals surface area contributed by atoms with Gasteiger partial charge in [-0.05, 0) is 18.2 Å². The number of hydrogen-bond donors (Lipinski definition) is 2. The van der Waals surface area contributed by atoms with Crippen molar-refractivity contribution in [3.63, 3.8) is 0 Å². The number of amides is 1. The highest BCUT2D eigenvalue weighted by atomic mass is 32.1. The summed E-state index contributed by atoms with van der Waals surface area (Å²) in [5.41, 5.74) is 6.55. The minimum absolute atomic E-state index is 0.0577. The molecule has 1 amide bonds. The highest BCUT2D eigenvalue weighted by Crippen LogP contribution is 2.26. The summed E-state index contributed by atoms with van der Waals surface area (Å²) in [6.45, 7) is 0. The van der Waals surface area contributed by atoms with Crippen LogP contribution in [0.1, 0.15) is 15.4 Å². The number of thiazole rings is 1. The van der Waals surface area contributed by atoms with E-state index in [0.717, 1.165) is 0 Å². The first kappa shape index (κ1) is 12.1. The molecular formula is C12H9N3O2S. The standard InChI is InChI=1S/C12H9N3O2S/c13-4-3-11-15-9(6-18-11)7-1-2-10(16)8(5-7)12(14)17/h1-2,5-6,16H,3H2,(H2,14,17). The number of aromatic nitrogens is 1. The Bertz CT molecular complexity index is 643. The first-order chi connectivity index (χ1) is 8.61. The van der Waals surface area contributed by atoms with Crippen molar-refractivity contribution in [3.8, 4) is 23.1 Å². The maximum absolute atomic E-state index is 11.1. The number of nitriles is 1. The largest absolute Gasteiger partial charge is 0.507 e. The van der Waals surface area contributed by atoms with Crippen molar-refractivity contribution in [2.75, 3.05) is 0 Å². The summed E-state index contributed by atoms with van der Waals surface area (Å²) in [6, 6.07) is 6.56. The molecule has 5 nitrogen and oxygen atoms in total. The third-order valence-corrected chi connectivity index (χ3v) is 3.19. The van der Waals surface area contributed by atoms with Crippen molar-refractivity contribution < 1.29 is 9.90 Å². The van der Waals surface area contributed by atoms with Crippen molar-refractivity contribution in [1.29, 1.82) is 5.26 Å². The van der Waals surface area contributed by atoms with Crippen LogP contribution in [0.15, 0.2) is 23.6 Å². The second-order valence-electron chi connectivity index (χ2n) is 3.56. The highest BCUT2D eigenvalue weighted by molar-refractivity contribution is 7.10. The van der Waals surface area contributed by atoms with Gasteiger partial charge in [0.15, 0.2) is 0 Å². The van der Waals surface area contributed by atoms with E-state index >= 15 is 0 Å². The molecule has 0 spiro atoms. The average Bonchev–Trinajstić information content (AvgIpc) is 2.78. The Morgan fingerprint density at radius 1 is 1.56 bits per heavy atom. The fourth-order valence-corrected chi connectivity index (χ4v) is 2.22. The topological polar surface area (TPSA) is 100 Å². The summed E-state index contributed by atoms with van der Waals surface area (Å²) in [6.07, 6.45) is 0.255. The molecule has 0 radical (unpaired) electrons. The Morgan fingerprint density at radius 3 is 3.00 bits per heavy atom. The lowest BCUT2D eigenvalue weighted by Gasteiger charge is -2.02. The van der Waals surface area contributed by atoms with Crippen LogP contribution in [0.25, 0.3) is 11.3 Å². The smallest absolute Gasteiger partial charge is 0.252 e. The minimum Gasteiger partial charge on any atom is -0.507 e. The van der Waals surface area contributed by atoms with Gasteiger partial charge in [0.25, 0.3) is 5.91 Å². The van der Waals surface area contributed by atoms with Crippen LogP contribution in [0.2, 0.25) is 0 Å². The van der Waals surface area contributed by atoms with Gasteiger partial charge in [-0.15, -0.1) is 11.3 Å². The Balaban J connectivity index is 2.41. The third kappa shape index (κ3) is 2.31. The molecule has 0 aliphatic carbocycles. The molecule has 0 aliphatic rings. The second-order valence-corrected chi connectivity index (χ2v) is 4.50. The molecular weight excluding hydrogens is 250 g/mol. The van der Waals surface area contributed by atoms with E-state index in [1.54, 1.807) is 11.4 Å². The summed E-state index contributed by atoms with van der Waals surface area (Å²) in [5.74, 6) is -0.847. The number of aromatic hydroxyl groups is 1. The number of carbonyl (C=O) groups is 1. The fourth-order valence-electron chi connectivity index (χ4n) is 1.49.